The fourth-order valence-corrected chi connectivity index (χ4v) is 3.81. The number of carbonyl (C=O) groups is 1. The van der Waals surface area contributed by atoms with E-state index < -0.39 is 0 Å². The maximum atomic E-state index is 12.4. The number of rotatable bonds is 3. The molecule has 0 saturated carbocycles. The van der Waals surface area contributed by atoms with Gasteiger partial charge in [0.15, 0.2) is 0 Å². The normalized spacial score (nSPS) is 16.5. The summed E-state index contributed by atoms with van der Waals surface area (Å²) >= 11 is 3.54. The van der Waals surface area contributed by atoms with Crippen LogP contribution in [0.3, 0.4) is 0 Å². The van der Waals surface area contributed by atoms with Crippen LogP contribution < -0.4 is 0 Å². The molecule has 23 heavy (non-hydrogen) atoms. The summed E-state index contributed by atoms with van der Waals surface area (Å²) in [5, 5.41) is 1.04. The molecular weight excluding hydrogens is 356 g/mol. The monoisotopic (exact) mass is 370 g/mol. The molecule has 0 spiro atoms. The highest BCUT2D eigenvalue weighted by Gasteiger charge is 2.27. The summed E-state index contributed by atoms with van der Waals surface area (Å²) in [6.45, 7) is 0. The molecule has 0 amide bonds. The van der Waals surface area contributed by atoms with Crippen LogP contribution in [0.25, 0.3) is 10.9 Å². The molecule has 4 rings (SSSR count). The van der Waals surface area contributed by atoms with Gasteiger partial charge in [-0.3, -0.25) is 9.78 Å². The van der Waals surface area contributed by atoms with Crippen LogP contribution in [-0.4, -0.2) is 15.9 Å². The molecule has 1 atom stereocenters. The number of fused-ring (bicyclic) bond motifs is 2. The lowest BCUT2D eigenvalue weighted by molar-refractivity contribution is -0.148. The van der Waals surface area contributed by atoms with E-state index >= 15 is 0 Å². The fourth-order valence-electron chi connectivity index (χ4n) is 3.19. The lowest BCUT2D eigenvalue weighted by atomic mass is 10.1. The Kier molecular flexibility index (Phi) is 3.65. The fraction of sp³-hybridized carbons (Fsp3) is 0.222. The van der Waals surface area contributed by atoms with Crippen LogP contribution in [0, 0.1) is 0 Å². The van der Waals surface area contributed by atoms with Crippen molar-refractivity contribution in [2.75, 3.05) is 0 Å². The SMILES string of the molecule is O=C(Cc1c[nH]c2cccc(Br)c12)O[C@@H]1CCc2cccnc21. The minimum absolute atomic E-state index is 0.215. The summed E-state index contributed by atoms with van der Waals surface area (Å²) in [6.07, 6.45) is 5.39. The number of aromatic nitrogens is 2. The molecule has 1 aliphatic rings. The summed E-state index contributed by atoms with van der Waals surface area (Å²) in [4.78, 5) is 19.9. The number of aryl methyl sites for hydroxylation is 1. The van der Waals surface area contributed by atoms with E-state index in [1.54, 1.807) is 6.20 Å². The second kappa shape index (κ2) is 5.81. The molecule has 0 saturated heterocycles. The van der Waals surface area contributed by atoms with Crippen molar-refractivity contribution >= 4 is 32.8 Å². The van der Waals surface area contributed by atoms with Crippen LogP contribution in [0.1, 0.15) is 29.3 Å². The highest BCUT2D eigenvalue weighted by atomic mass is 79.9. The summed E-state index contributed by atoms with van der Waals surface area (Å²) < 4.78 is 6.65. The largest absolute Gasteiger partial charge is 0.456 e. The Hall–Kier alpha value is -2.14. The second-order valence-electron chi connectivity index (χ2n) is 5.72. The predicted octanol–water partition coefficient (Wildman–Crippen LogP) is 4.10. The summed E-state index contributed by atoms with van der Waals surface area (Å²) in [5.74, 6) is -0.217. The van der Waals surface area contributed by atoms with Crippen molar-refractivity contribution in [1.82, 2.24) is 9.97 Å². The van der Waals surface area contributed by atoms with Gasteiger partial charge in [0.1, 0.15) is 6.10 Å². The van der Waals surface area contributed by atoms with E-state index in [4.69, 9.17) is 4.74 Å². The highest BCUT2D eigenvalue weighted by molar-refractivity contribution is 9.10. The molecule has 2 heterocycles. The average molecular weight is 371 g/mol. The number of carbonyl (C=O) groups excluding carboxylic acids is 1. The first-order valence-electron chi connectivity index (χ1n) is 7.60. The number of benzene rings is 1. The van der Waals surface area contributed by atoms with Crippen molar-refractivity contribution in [3.63, 3.8) is 0 Å². The molecule has 1 aliphatic carbocycles. The zero-order chi connectivity index (χ0) is 15.8. The number of ether oxygens (including phenoxy) is 1. The Morgan fingerprint density at radius 2 is 2.26 bits per heavy atom. The van der Waals surface area contributed by atoms with Gasteiger partial charge in [-0.15, -0.1) is 0 Å². The van der Waals surface area contributed by atoms with Crippen LogP contribution in [-0.2, 0) is 22.4 Å². The number of H-pyrrole nitrogens is 1. The van der Waals surface area contributed by atoms with E-state index in [-0.39, 0.29) is 18.5 Å². The zero-order valence-corrected chi connectivity index (χ0v) is 14.0. The Morgan fingerprint density at radius 3 is 3.17 bits per heavy atom. The van der Waals surface area contributed by atoms with Crippen molar-refractivity contribution in [2.45, 2.75) is 25.4 Å². The van der Waals surface area contributed by atoms with Crippen LogP contribution in [0.15, 0.2) is 47.2 Å². The first-order chi connectivity index (χ1) is 11.2. The third-order valence-corrected chi connectivity index (χ3v) is 4.91. The minimum atomic E-state index is -0.217. The van der Waals surface area contributed by atoms with Crippen LogP contribution >= 0.6 is 15.9 Å². The van der Waals surface area contributed by atoms with Crippen molar-refractivity contribution in [2.24, 2.45) is 0 Å². The molecule has 4 nitrogen and oxygen atoms in total. The van der Waals surface area contributed by atoms with Gasteiger partial charge < -0.3 is 9.72 Å². The van der Waals surface area contributed by atoms with Crippen molar-refractivity contribution in [1.29, 1.82) is 0 Å². The Morgan fingerprint density at radius 1 is 1.35 bits per heavy atom. The Balaban J connectivity index is 1.52. The molecule has 116 valence electrons. The molecule has 0 radical (unpaired) electrons. The smallest absolute Gasteiger partial charge is 0.311 e. The van der Waals surface area contributed by atoms with Gasteiger partial charge in [-0.1, -0.05) is 28.1 Å². The number of hydrogen-bond acceptors (Lipinski definition) is 3. The van der Waals surface area contributed by atoms with Gasteiger partial charge in [-0.05, 0) is 42.2 Å². The highest BCUT2D eigenvalue weighted by Crippen LogP contribution is 2.33. The zero-order valence-electron chi connectivity index (χ0n) is 12.4. The molecule has 0 fully saturated rings. The molecule has 1 N–H and O–H groups in total. The van der Waals surface area contributed by atoms with Gasteiger partial charge >= 0.3 is 5.97 Å². The Labute approximate surface area is 142 Å². The van der Waals surface area contributed by atoms with Crippen molar-refractivity contribution < 1.29 is 9.53 Å². The van der Waals surface area contributed by atoms with Gasteiger partial charge in [-0.25, -0.2) is 0 Å². The lowest BCUT2D eigenvalue weighted by Crippen LogP contribution is -2.12. The summed E-state index contributed by atoms with van der Waals surface area (Å²) in [5.41, 5.74) is 4.04. The molecule has 0 unspecified atom stereocenters. The number of hydrogen-bond donors (Lipinski definition) is 1. The first-order valence-corrected chi connectivity index (χ1v) is 8.39. The number of aromatic amines is 1. The third kappa shape index (κ3) is 2.65. The van der Waals surface area contributed by atoms with E-state index in [1.807, 2.05) is 36.5 Å². The average Bonchev–Trinajstić information content (AvgIpc) is 3.13. The number of pyridine rings is 1. The molecule has 0 bridgehead atoms. The third-order valence-electron chi connectivity index (χ3n) is 4.25. The number of nitrogens with one attached hydrogen (secondary N) is 1. The summed E-state index contributed by atoms with van der Waals surface area (Å²) in [6, 6.07) is 9.90. The molecule has 2 aromatic heterocycles. The van der Waals surface area contributed by atoms with Gasteiger partial charge in [0.25, 0.3) is 0 Å². The van der Waals surface area contributed by atoms with E-state index in [2.05, 4.69) is 25.9 Å². The minimum Gasteiger partial charge on any atom is -0.456 e. The standard InChI is InChI=1S/C18H15BrN2O2/c19-13-4-1-5-14-17(13)12(10-21-14)9-16(22)23-15-7-6-11-3-2-8-20-18(11)15/h1-5,8,10,15,21H,6-7,9H2/t15-/m1/s1. The second-order valence-corrected chi connectivity index (χ2v) is 6.57. The van der Waals surface area contributed by atoms with Crippen molar-refractivity contribution in [3.8, 4) is 0 Å². The topological polar surface area (TPSA) is 55.0 Å². The van der Waals surface area contributed by atoms with E-state index in [9.17, 15) is 4.79 Å². The van der Waals surface area contributed by atoms with Crippen molar-refractivity contribution in [3.05, 3.63) is 64.0 Å². The number of nitrogens with zero attached hydrogens (tertiary/aromatic N) is 1. The first kappa shape index (κ1) is 14.5. The number of esters is 1. The maximum absolute atomic E-state index is 12.4. The molecule has 1 aromatic carbocycles. The Bertz CT molecular complexity index is 888. The molecular formula is C18H15BrN2O2. The van der Waals surface area contributed by atoms with Gasteiger partial charge in [-0.2, -0.15) is 0 Å². The predicted molar refractivity (Wildman–Crippen MR) is 91.1 cm³/mol. The molecule has 0 aliphatic heterocycles. The molecule has 5 heteroatoms. The maximum Gasteiger partial charge on any atom is 0.311 e. The van der Waals surface area contributed by atoms with Crippen LogP contribution in [0.2, 0.25) is 0 Å². The van der Waals surface area contributed by atoms with Gasteiger partial charge in [0.2, 0.25) is 0 Å². The summed E-state index contributed by atoms with van der Waals surface area (Å²) in [7, 11) is 0. The van der Waals surface area contributed by atoms with E-state index in [0.29, 0.717) is 0 Å². The quantitative estimate of drug-likeness (QED) is 0.706. The van der Waals surface area contributed by atoms with E-state index in [1.165, 1.54) is 5.56 Å². The lowest BCUT2D eigenvalue weighted by Gasteiger charge is -2.12. The van der Waals surface area contributed by atoms with Gasteiger partial charge in [0.05, 0.1) is 12.1 Å². The van der Waals surface area contributed by atoms with E-state index in [0.717, 1.165) is 39.5 Å². The van der Waals surface area contributed by atoms with Gasteiger partial charge in [0, 0.05) is 27.8 Å². The van der Waals surface area contributed by atoms with Crippen LogP contribution in [0.5, 0.6) is 0 Å². The van der Waals surface area contributed by atoms with Crippen LogP contribution in [0.4, 0.5) is 0 Å². The number of halogens is 1. The molecule has 3 aromatic rings.